The van der Waals surface area contributed by atoms with E-state index in [1.54, 1.807) is 6.92 Å². The Morgan fingerprint density at radius 2 is 1.73 bits per heavy atom. The van der Waals surface area contributed by atoms with Crippen molar-refractivity contribution in [2.24, 2.45) is 5.41 Å². The van der Waals surface area contributed by atoms with Crippen LogP contribution >= 0.6 is 0 Å². The number of ether oxygens (including phenoxy) is 1. The maximum Gasteiger partial charge on any atom is 0.319 e. The van der Waals surface area contributed by atoms with Crippen molar-refractivity contribution in [3.63, 3.8) is 0 Å². The van der Waals surface area contributed by atoms with Crippen LogP contribution in [0.25, 0.3) is 0 Å². The first-order chi connectivity index (χ1) is 6.82. The van der Waals surface area contributed by atoms with E-state index in [1.165, 1.54) is 13.8 Å². The Bertz CT molecular complexity index is 267. The van der Waals surface area contributed by atoms with E-state index in [0.29, 0.717) is 0 Å². The molecular formula is C10H15O5-. The third-order valence-electron chi connectivity index (χ3n) is 2.04. The molecule has 0 unspecified atom stereocenters. The first kappa shape index (κ1) is 13.6. The number of carboxylic acid groups (broad SMARTS) is 1. The highest BCUT2D eigenvalue weighted by Gasteiger charge is 2.36. The molecule has 0 heterocycles. The van der Waals surface area contributed by atoms with Crippen LogP contribution < -0.4 is 5.11 Å². The third kappa shape index (κ3) is 4.10. The predicted octanol–water partition coefficient (Wildman–Crippen LogP) is -0.325. The molecule has 0 radical (unpaired) electrons. The Morgan fingerprint density at radius 3 is 2.13 bits per heavy atom. The summed E-state index contributed by atoms with van der Waals surface area (Å²) in [6, 6.07) is 0. The van der Waals surface area contributed by atoms with Gasteiger partial charge in [0.1, 0.15) is 11.2 Å². The molecule has 0 spiro atoms. The van der Waals surface area contributed by atoms with Gasteiger partial charge in [-0.15, -0.1) is 0 Å². The quantitative estimate of drug-likeness (QED) is 0.447. The van der Waals surface area contributed by atoms with Crippen molar-refractivity contribution >= 4 is 17.7 Å². The molecule has 0 fully saturated rings. The summed E-state index contributed by atoms with van der Waals surface area (Å²) < 4.78 is 4.71. The van der Waals surface area contributed by atoms with Gasteiger partial charge in [-0.2, -0.15) is 0 Å². The summed E-state index contributed by atoms with van der Waals surface area (Å²) in [5, 5.41) is 10.1. The summed E-state index contributed by atoms with van der Waals surface area (Å²) in [6.45, 7) is 4.67. The molecule has 0 atom stereocenters. The largest absolute Gasteiger partial charge is 0.550 e. The predicted molar refractivity (Wildman–Crippen MR) is 49.7 cm³/mol. The average Bonchev–Trinajstić information content (AvgIpc) is 2.14. The van der Waals surface area contributed by atoms with E-state index in [9.17, 15) is 19.5 Å². The standard InChI is InChI=1S/C10H16O5/c1-4-15-9(14)10(2,3)7(11)5-6-8(12)13/h4-6H2,1-3H3,(H,12,13)/p-1. The number of rotatable bonds is 6. The van der Waals surface area contributed by atoms with E-state index in [4.69, 9.17) is 4.74 Å². The van der Waals surface area contributed by atoms with Crippen LogP contribution in [0.15, 0.2) is 0 Å². The van der Waals surface area contributed by atoms with Crippen molar-refractivity contribution in [3.8, 4) is 0 Å². The molecule has 0 aromatic carbocycles. The average molecular weight is 215 g/mol. The Labute approximate surface area is 88.4 Å². The zero-order valence-electron chi connectivity index (χ0n) is 9.16. The lowest BCUT2D eigenvalue weighted by Crippen LogP contribution is -2.36. The van der Waals surface area contributed by atoms with Crippen molar-refractivity contribution in [3.05, 3.63) is 0 Å². The number of Topliss-reactive ketones (excluding diaryl/α,β-unsaturated/α-hetero) is 1. The lowest BCUT2D eigenvalue weighted by Gasteiger charge is -2.20. The van der Waals surface area contributed by atoms with Crippen molar-refractivity contribution < 1.29 is 24.2 Å². The Balaban J connectivity index is 4.37. The van der Waals surface area contributed by atoms with Gasteiger partial charge in [-0.25, -0.2) is 0 Å². The third-order valence-corrected chi connectivity index (χ3v) is 2.04. The fourth-order valence-corrected chi connectivity index (χ4v) is 0.953. The lowest BCUT2D eigenvalue weighted by molar-refractivity contribution is -0.305. The topological polar surface area (TPSA) is 83.5 Å². The summed E-state index contributed by atoms with van der Waals surface area (Å²) in [5.41, 5.74) is -1.29. The van der Waals surface area contributed by atoms with Crippen molar-refractivity contribution in [1.82, 2.24) is 0 Å². The minimum Gasteiger partial charge on any atom is -0.550 e. The number of carbonyl (C=O) groups is 3. The van der Waals surface area contributed by atoms with E-state index in [0.717, 1.165) is 0 Å². The Morgan fingerprint density at radius 1 is 1.20 bits per heavy atom. The van der Waals surface area contributed by atoms with Crippen LogP contribution in [0, 0.1) is 5.41 Å². The number of hydrogen-bond donors (Lipinski definition) is 0. The molecule has 0 aromatic heterocycles. The van der Waals surface area contributed by atoms with Gasteiger partial charge in [-0.05, 0) is 27.2 Å². The highest BCUT2D eigenvalue weighted by molar-refractivity contribution is 6.03. The van der Waals surface area contributed by atoms with Gasteiger partial charge in [0, 0.05) is 12.4 Å². The van der Waals surface area contributed by atoms with Gasteiger partial charge in [0.05, 0.1) is 6.61 Å². The van der Waals surface area contributed by atoms with E-state index in [2.05, 4.69) is 0 Å². The maximum atomic E-state index is 11.5. The smallest absolute Gasteiger partial charge is 0.319 e. The molecule has 15 heavy (non-hydrogen) atoms. The van der Waals surface area contributed by atoms with Crippen LogP contribution in [0.2, 0.25) is 0 Å². The summed E-state index contributed by atoms with van der Waals surface area (Å²) in [4.78, 5) is 33.0. The molecular weight excluding hydrogens is 200 g/mol. The number of hydrogen-bond acceptors (Lipinski definition) is 5. The van der Waals surface area contributed by atoms with Crippen molar-refractivity contribution in [1.29, 1.82) is 0 Å². The number of carboxylic acids is 1. The molecule has 86 valence electrons. The monoisotopic (exact) mass is 215 g/mol. The van der Waals surface area contributed by atoms with E-state index in [1.807, 2.05) is 0 Å². The lowest BCUT2D eigenvalue weighted by atomic mass is 9.86. The number of carbonyl (C=O) groups excluding carboxylic acids is 3. The number of ketones is 1. The minimum atomic E-state index is -1.30. The van der Waals surface area contributed by atoms with Crippen LogP contribution in [0.1, 0.15) is 33.6 Å². The molecule has 0 N–H and O–H groups in total. The van der Waals surface area contributed by atoms with Gasteiger partial charge in [0.25, 0.3) is 0 Å². The SMILES string of the molecule is CCOC(=O)C(C)(C)C(=O)CCC(=O)[O-]. The van der Waals surface area contributed by atoms with Crippen LogP contribution in [-0.4, -0.2) is 24.3 Å². The van der Waals surface area contributed by atoms with Crippen molar-refractivity contribution in [2.75, 3.05) is 6.61 Å². The summed E-state index contributed by atoms with van der Waals surface area (Å²) in [6.07, 6.45) is -0.587. The normalized spacial score (nSPS) is 10.9. The Kier molecular flexibility index (Phi) is 4.97. The molecule has 0 saturated heterocycles. The molecule has 0 rings (SSSR count). The van der Waals surface area contributed by atoms with Gasteiger partial charge in [-0.1, -0.05) is 0 Å². The first-order valence-electron chi connectivity index (χ1n) is 4.72. The molecule has 0 saturated carbocycles. The second-order valence-corrected chi connectivity index (χ2v) is 3.64. The minimum absolute atomic E-state index is 0.191. The van der Waals surface area contributed by atoms with Crippen LogP contribution in [0.3, 0.4) is 0 Å². The zero-order valence-corrected chi connectivity index (χ0v) is 9.16. The van der Waals surface area contributed by atoms with Crippen molar-refractivity contribution in [2.45, 2.75) is 33.6 Å². The second kappa shape index (κ2) is 5.48. The van der Waals surface area contributed by atoms with Gasteiger partial charge in [-0.3, -0.25) is 9.59 Å². The molecule has 5 heteroatoms. The van der Waals surface area contributed by atoms with E-state index in [-0.39, 0.29) is 19.4 Å². The van der Waals surface area contributed by atoms with Gasteiger partial charge in [0.15, 0.2) is 0 Å². The number of esters is 1. The van der Waals surface area contributed by atoms with Crippen LogP contribution in [-0.2, 0) is 19.1 Å². The molecule has 0 aliphatic carbocycles. The van der Waals surface area contributed by atoms with Crippen LogP contribution in [0.5, 0.6) is 0 Å². The first-order valence-corrected chi connectivity index (χ1v) is 4.72. The maximum absolute atomic E-state index is 11.5. The highest BCUT2D eigenvalue weighted by atomic mass is 16.5. The molecule has 0 bridgehead atoms. The molecule has 0 aliphatic rings. The van der Waals surface area contributed by atoms with Gasteiger partial charge in [0.2, 0.25) is 0 Å². The Hall–Kier alpha value is -1.39. The second-order valence-electron chi connectivity index (χ2n) is 3.64. The molecule has 0 aromatic rings. The summed E-state index contributed by atoms with van der Waals surface area (Å²) >= 11 is 0. The summed E-state index contributed by atoms with van der Waals surface area (Å²) in [7, 11) is 0. The highest BCUT2D eigenvalue weighted by Crippen LogP contribution is 2.21. The van der Waals surface area contributed by atoms with Gasteiger partial charge >= 0.3 is 5.97 Å². The van der Waals surface area contributed by atoms with E-state index < -0.39 is 23.1 Å². The molecule has 0 amide bonds. The van der Waals surface area contributed by atoms with Crippen LogP contribution in [0.4, 0.5) is 0 Å². The molecule has 0 aliphatic heterocycles. The van der Waals surface area contributed by atoms with Gasteiger partial charge < -0.3 is 14.6 Å². The fraction of sp³-hybridized carbons (Fsp3) is 0.700. The molecule has 5 nitrogen and oxygen atoms in total. The zero-order chi connectivity index (χ0) is 12.1. The fourth-order valence-electron chi connectivity index (χ4n) is 0.953. The summed E-state index contributed by atoms with van der Waals surface area (Å²) in [5.74, 6) is -2.39. The van der Waals surface area contributed by atoms with E-state index >= 15 is 0 Å². The number of aliphatic carboxylic acids is 1.